The zero-order valence-electron chi connectivity index (χ0n) is 11.3. The maximum atomic E-state index is 6.14. The van der Waals surface area contributed by atoms with E-state index in [-0.39, 0.29) is 12.3 Å². The van der Waals surface area contributed by atoms with Gasteiger partial charge in [0, 0.05) is 12.1 Å². The Morgan fingerprint density at radius 2 is 1.95 bits per heavy atom. The van der Waals surface area contributed by atoms with Gasteiger partial charge in [-0.05, 0) is 56.2 Å². The van der Waals surface area contributed by atoms with Crippen LogP contribution in [0, 0.1) is 13.8 Å². The molecule has 1 aliphatic heterocycles. The molecular weight excluding hydrogens is 282 g/mol. The summed E-state index contributed by atoms with van der Waals surface area (Å²) in [5.41, 5.74) is 2.00. The van der Waals surface area contributed by atoms with E-state index < -0.39 is 0 Å². The summed E-state index contributed by atoms with van der Waals surface area (Å²) in [6.07, 6.45) is -0.321. The summed E-state index contributed by atoms with van der Waals surface area (Å²) in [6, 6.07) is 3.85. The van der Waals surface area contributed by atoms with E-state index >= 15 is 0 Å². The normalized spacial score (nSPS) is 19.9. The van der Waals surface area contributed by atoms with Gasteiger partial charge in [-0.25, -0.2) is 0 Å². The Bertz CT molecular complexity index is 524. The number of likely N-dealkylation sites (N-methyl/N-ethyl adjacent to an activating group) is 1. The summed E-state index contributed by atoms with van der Waals surface area (Å²) in [6.45, 7) is 5.88. The molecule has 19 heavy (non-hydrogen) atoms. The van der Waals surface area contributed by atoms with Gasteiger partial charge < -0.3 is 9.64 Å². The lowest BCUT2D eigenvalue weighted by atomic mass is 10.1. The molecule has 0 radical (unpaired) electrons. The summed E-state index contributed by atoms with van der Waals surface area (Å²) in [7, 11) is 1.87. The van der Waals surface area contributed by atoms with Gasteiger partial charge in [-0.15, -0.1) is 5.11 Å². The first-order valence-corrected chi connectivity index (χ1v) is 6.80. The smallest absolute Gasteiger partial charge is 0.217 e. The number of thiocarbonyl (C=S) groups is 1. The fraction of sp³-hybridized carbons (Fsp3) is 0.462. The molecule has 4 nitrogen and oxygen atoms in total. The van der Waals surface area contributed by atoms with Gasteiger partial charge in [0.15, 0.2) is 6.17 Å². The van der Waals surface area contributed by atoms with Gasteiger partial charge in [-0.1, -0.05) is 11.6 Å². The molecular formula is C13H16ClN3OS. The van der Waals surface area contributed by atoms with E-state index in [9.17, 15) is 0 Å². The van der Waals surface area contributed by atoms with Crippen molar-refractivity contribution in [2.45, 2.75) is 33.0 Å². The average Bonchev–Trinajstić information content (AvgIpc) is 2.67. The molecule has 0 saturated carbocycles. The second-order valence-electron chi connectivity index (χ2n) is 4.72. The van der Waals surface area contributed by atoms with Crippen molar-refractivity contribution in [3.8, 4) is 5.75 Å². The molecule has 6 heteroatoms. The van der Waals surface area contributed by atoms with Crippen LogP contribution in [0.3, 0.4) is 0 Å². The Morgan fingerprint density at radius 1 is 1.37 bits per heavy atom. The number of rotatable bonds is 3. The molecule has 1 heterocycles. The molecule has 0 saturated heterocycles. The highest BCUT2D eigenvalue weighted by atomic mass is 35.5. The minimum atomic E-state index is -0.177. The quantitative estimate of drug-likeness (QED) is 0.798. The third-order valence-electron chi connectivity index (χ3n) is 3.11. The maximum Gasteiger partial charge on any atom is 0.217 e. The molecule has 0 aliphatic carbocycles. The highest BCUT2D eigenvalue weighted by molar-refractivity contribution is 7.80. The molecule has 0 amide bonds. The molecule has 0 aromatic heterocycles. The SMILES string of the molecule is Cc1cc(OC(C)C2N=NC(=S)N2C)cc(C)c1Cl. The van der Waals surface area contributed by atoms with Gasteiger partial charge in [0.05, 0.1) is 0 Å². The van der Waals surface area contributed by atoms with Crippen molar-refractivity contribution in [3.63, 3.8) is 0 Å². The Labute approximate surface area is 123 Å². The molecule has 2 rings (SSSR count). The zero-order chi connectivity index (χ0) is 14.2. The van der Waals surface area contributed by atoms with Crippen molar-refractivity contribution in [3.05, 3.63) is 28.3 Å². The molecule has 1 aliphatic rings. The number of azo groups is 1. The minimum Gasteiger partial charge on any atom is -0.486 e. The second kappa shape index (κ2) is 5.43. The van der Waals surface area contributed by atoms with Crippen LogP contribution in [0.2, 0.25) is 5.02 Å². The molecule has 1 aromatic rings. The number of benzene rings is 1. The summed E-state index contributed by atoms with van der Waals surface area (Å²) in [4.78, 5) is 1.83. The van der Waals surface area contributed by atoms with Crippen LogP contribution in [-0.4, -0.2) is 29.3 Å². The summed E-state index contributed by atoms with van der Waals surface area (Å²) < 4.78 is 5.92. The molecule has 102 valence electrons. The molecule has 1 aromatic carbocycles. The second-order valence-corrected chi connectivity index (χ2v) is 5.46. The van der Waals surface area contributed by atoms with Crippen LogP contribution in [0.15, 0.2) is 22.4 Å². The standard InChI is InChI=1S/C13H16ClN3OS/c1-7-5-10(6-8(2)11(7)14)18-9(3)12-15-16-13(19)17(12)4/h5-6,9,12H,1-4H3. The van der Waals surface area contributed by atoms with Crippen molar-refractivity contribution in [1.82, 2.24) is 4.90 Å². The van der Waals surface area contributed by atoms with Crippen LogP contribution < -0.4 is 4.74 Å². The van der Waals surface area contributed by atoms with Gasteiger partial charge >= 0.3 is 0 Å². The predicted octanol–water partition coefficient (Wildman–Crippen LogP) is 3.73. The lowest BCUT2D eigenvalue weighted by Gasteiger charge is -2.24. The number of ether oxygens (including phenoxy) is 1. The van der Waals surface area contributed by atoms with Crippen LogP contribution in [0.4, 0.5) is 0 Å². The number of hydrogen-bond donors (Lipinski definition) is 0. The minimum absolute atomic E-state index is 0.144. The molecule has 0 N–H and O–H groups in total. The van der Waals surface area contributed by atoms with Crippen LogP contribution in [0.1, 0.15) is 18.1 Å². The Kier molecular flexibility index (Phi) is 4.06. The molecule has 0 fully saturated rings. The number of nitrogens with zero attached hydrogens (tertiary/aromatic N) is 3. The third kappa shape index (κ3) is 2.87. The summed E-state index contributed by atoms with van der Waals surface area (Å²) in [5.74, 6) is 0.785. The van der Waals surface area contributed by atoms with Crippen LogP contribution in [-0.2, 0) is 0 Å². The van der Waals surface area contributed by atoms with Gasteiger partial charge in [-0.3, -0.25) is 0 Å². The third-order valence-corrected chi connectivity index (χ3v) is 4.08. The topological polar surface area (TPSA) is 37.2 Å². The Balaban J connectivity index is 2.13. The lowest BCUT2D eigenvalue weighted by Crippen LogP contribution is -2.39. The first kappa shape index (κ1) is 14.2. The van der Waals surface area contributed by atoms with E-state index in [4.69, 9.17) is 28.6 Å². The van der Waals surface area contributed by atoms with Crippen molar-refractivity contribution < 1.29 is 4.74 Å². The van der Waals surface area contributed by atoms with Crippen LogP contribution in [0.25, 0.3) is 0 Å². The van der Waals surface area contributed by atoms with E-state index in [1.165, 1.54) is 0 Å². The van der Waals surface area contributed by atoms with E-state index in [0.717, 1.165) is 21.9 Å². The largest absolute Gasteiger partial charge is 0.486 e. The molecule has 2 atom stereocenters. The van der Waals surface area contributed by atoms with Gasteiger partial charge in [0.2, 0.25) is 5.11 Å². The average molecular weight is 298 g/mol. The highest BCUT2D eigenvalue weighted by Crippen LogP contribution is 2.27. The van der Waals surface area contributed by atoms with Crippen LogP contribution in [0.5, 0.6) is 5.75 Å². The van der Waals surface area contributed by atoms with Crippen molar-refractivity contribution in [2.75, 3.05) is 7.05 Å². The van der Waals surface area contributed by atoms with E-state index in [2.05, 4.69) is 10.2 Å². The van der Waals surface area contributed by atoms with E-state index in [1.807, 2.05) is 44.9 Å². The fourth-order valence-electron chi connectivity index (χ4n) is 2.03. The Morgan fingerprint density at radius 3 is 2.42 bits per heavy atom. The zero-order valence-corrected chi connectivity index (χ0v) is 12.9. The first-order chi connectivity index (χ1) is 8.90. The fourth-order valence-corrected chi connectivity index (χ4v) is 2.29. The lowest BCUT2D eigenvalue weighted by molar-refractivity contribution is 0.142. The van der Waals surface area contributed by atoms with E-state index in [1.54, 1.807) is 0 Å². The predicted molar refractivity (Wildman–Crippen MR) is 80.0 cm³/mol. The van der Waals surface area contributed by atoms with Crippen molar-refractivity contribution in [2.24, 2.45) is 10.2 Å². The van der Waals surface area contributed by atoms with Crippen molar-refractivity contribution in [1.29, 1.82) is 0 Å². The molecule has 2 unspecified atom stereocenters. The number of aryl methyl sites for hydroxylation is 2. The monoisotopic (exact) mass is 297 g/mol. The van der Waals surface area contributed by atoms with Gasteiger partial charge in [0.1, 0.15) is 11.9 Å². The van der Waals surface area contributed by atoms with Crippen molar-refractivity contribution >= 4 is 28.9 Å². The maximum absolute atomic E-state index is 6.14. The van der Waals surface area contributed by atoms with Gasteiger partial charge in [0.25, 0.3) is 0 Å². The number of halogens is 1. The molecule has 0 spiro atoms. The van der Waals surface area contributed by atoms with Crippen LogP contribution >= 0.6 is 23.8 Å². The highest BCUT2D eigenvalue weighted by Gasteiger charge is 2.29. The van der Waals surface area contributed by atoms with E-state index in [0.29, 0.717) is 5.11 Å². The number of hydrogen-bond acceptors (Lipinski definition) is 3. The summed E-state index contributed by atoms with van der Waals surface area (Å²) in [5, 5.41) is 9.27. The van der Waals surface area contributed by atoms with Gasteiger partial charge in [-0.2, -0.15) is 5.11 Å². The summed E-state index contributed by atoms with van der Waals surface area (Å²) >= 11 is 11.2. The Hall–Kier alpha value is -1.20. The molecule has 0 bridgehead atoms. The first-order valence-electron chi connectivity index (χ1n) is 6.01.